The van der Waals surface area contributed by atoms with E-state index in [2.05, 4.69) is 38.3 Å². The Morgan fingerprint density at radius 2 is 2.17 bits per heavy atom. The van der Waals surface area contributed by atoms with Crippen LogP contribution < -0.4 is 5.32 Å². The summed E-state index contributed by atoms with van der Waals surface area (Å²) in [6.07, 6.45) is 1.77. The van der Waals surface area contributed by atoms with Crippen LogP contribution >= 0.6 is 15.9 Å². The van der Waals surface area contributed by atoms with Gasteiger partial charge in [0.1, 0.15) is 0 Å². The number of nitrogens with zero attached hydrogens (tertiary/aromatic N) is 2. The summed E-state index contributed by atoms with van der Waals surface area (Å²) in [6, 6.07) is 8.30. The third kappa shape index (κ3) is 3.17. The zero-order valence-corrected chi connectivity index (χ0v) is 12.1. The molecule has 1 unspecified atom stereocenters. The predicted molar refractivity (Wildman–Crippen MR) is 74.3 cm³/mol. The number of hydrogen-bond donors (Lipinski definition) is 1. The van der Waals surface area contributed by atoms with Crippen molar-refractivity contribution in [1.82, 2.24) is 15.5 Å². The molecular weight excluding hydrogens is 294 g/mol. The summed E-state index contributed by atoms with van der Waals surface area (Å²) < 4.78 is 6.23. The molecule has 18 heavy (non-hydrogen) atoms. The number of nitrogens with one attached hydrogen (secondary N) is 1. The quantitative estimate of drug-likeness (QED) is 0.922. The fourth-order valence-corrected chi connectivity index (χ4v) is 2.05. The van der Waals surface area contributed by atoms with Crippen molar-refractivity contribution < 1.29 is 4.52 Å². The SMILES string of the molecule is CNC(C)CCc1nc(-c2ccccc2Br)no1. The minimum Gasteiger partial charge on any atom is -0.339 e. The van der Waals surface area contributed by atoms with Gasteiger partial charge in [-0.05, 0) is 32.5 Å². The largest absolute Gasteiger partial charge is 0.339 e. The maximum atomic E-state index is 5.26. The molecule has 96 valence electrons. The van der Waals surface area contributed by atoms with Crippen LogP contribution in [0.5, 0.6) is 0 Å². The van der Waals surface area contributed by atoms with E-state index in [9.17, 15) is 0 Å². The molecule has 0 fully saturated rings. The van der Waals surface area contributed by atoms with Gasteiger partial charge in [-0.1, -0.05) is 33.2 Å². The molecule has 0 aliphatic heterocycles. The lowest BCUT2D eigenvalue weighted by Crippen LogP contribution is -2.21. The maximum absolute atomic E-state index is 5.26. The fraction of sp³-hybridized carbons (Fsp3) is 0.385. The molecule has 1 atom stereocenters. The van der Waals surface area contributed by atoms with Crippen LogP contribution in [0, 0.1) is 0 Å². The lowest BCUT2D eigenvalue weighted by molar-refractivity contribution is 0.369. The fourth-order valence-electron chi connectivity index (χ4n) is 1.59. The highest BCUT2D eigenvalue weighted by molar-refractivity contribution is 9.10. The molecule has 0 amide bonds. The van der Waals surface area contributed by atoms with Crippen LogP contribution in [0.2, 0.25) is 0 Å². The van der Waals surface area contributed by atoms with Gasteiger partial charge in [0, 0.05) is 22.5 Å². The van der Waals surface area contributed by atoms with Crippen molar-refractivity contribution in [3.63, 3.8) is 0 Å². The van der Waals surface area contributed by atoms with Crippen molar-refractivity contribution in [2.75, 3.05) is 7.05 Å². The summed E-state index contributed by atoms with van der Waals surface area (Å²) in [4.78, 5) is 4.41. The van der Waals surface area contributed by atoms with Crippen molar-refractivity contribution >= 4 is 15.9 Å². The van der Waals surface area contributed by atoms with Gasteiger partial charge in [-0.15, -0.1) is 0 Å². The lowest BCUT2D eigenvalue weighted by Gasteiger charge is -2.06. The molecule has 0 bridgehead atoms. The smallest absolute Gasteiger partial charge is 0.227 e. The second kappa shape index (κ2) is 6.11. The van der Waals surface area contributed by atoms with E-state index in [0.29, 0.717) is 17.8 Å². The number of rotatable bonds is 5. The summed E-state index contributed by atoms with van der Waals surface area (Å²) in [5.41, 5.74) is 0.953. The van der Waals surface area contributed by atoms with E-state index in [1.165, 1.54) is 0 Å². The third-order valence-corrected chi connectivity index (χ3v) is 3.56. The summed E-state index contributed by atoms with van der Waals surface area (Å²) in [5, 5.41) is 7.20. The van der Waals surface area contributed by atoms with Gasteiger partial charge < -0.3 is 9.84 Å². The molecule has 1 N–H and O–H groups in total. The average molecular weight is 310 g/mol. The summed E-state index contributed by atoms with van der Waals surface area (Å²) in [6.45, 7) is 2.13. The number of hydrogen-bond acceptors (Lipinski definition) is 4. The first kappa shape index (κ1) is 13.2. The molecule has 2 aromatic rings. The van der Waals surface area contributed by atoms with Gasteiger partial charge in [0.2, 0.25) is 11.7 Å². The van der Waals surface area contributed by atoms with E-state index < -0.39 is 0 Å². The molecule has 5 heteroatoms. The van der Waals surface area contributed by atoms with Gasteiger partial charge in [-0.25, -0.2) is 0 Å². The van der Waals surface area contributed by atoms with Crippen molar-refractivity contribution in [2.24, 2.45) is 0 Å². The zero-order valence-electron chi connectivity index (χ0n) is 10.5. The standard InChI is InChI=1S/C13H16BrN3O/c1-9(15-2)7-8-12-16-13(17-18-12)10-5-3-4-6-11(10)14/h3-6,9,15H,7-8H2,1-2H3. The Kier molecular flexibility index (Phi) is 4.49. The molecule has 1 aromatic heterocycles. The second-order valence-electron chi connectivity index (χ2n) is 4.22. The van der Waals surface area contributed by atoms with E-state index >= 15 is 0 Å². The van der Waals surface area contributed by atoms with Gasteiger partial charge in [0.15, 0.2) is 0 Å². The molecule has 1 aromatic carbocycles. The zero-order chi connectivity index (χ0) is 13.0. The Morgan fingerprint density at radius 1 is 1.39 bits per heavy atom. The molecule has 2 rings (SSSR count). The van der Waals surface area contributed by atoms with Crippen molar-refractivity contribution in [1.29, 1.82) is 0 Å². The van der Waals surface area contributed by atoms with Crippen molar-refractivity contribution in [3.8, 4) is 11.4 Å². The van der Waals surface area contributed by atoms with E-state index in [1.807, 2.05) is 31.3 Å². The average Bonchev–Trinajstić information content (AvgIpc) is 2.85. The van der Waals surface area contributed by atoms with E-state index in [1.54, 1.807) is 0 Å². The van der Waals surface area contributed by atoms with Crippen molar-refractivity contribution in [3.05, 3.63) is 34.6 Å². The van der Waals surface area contributed by atoms with Crippen LogP contribution in [-0.4, -0.2) is 23.2 Å². The van der Waals surface area contributed by atoms with Gasteiger partial charge in [0.25, 0.3) is 0 Å². The van der Waals surface area contributed by atoms with Crippen molar-refractivity contribution in [2.45, 2.75) is 25.8 Å². The minimum absolute atomic E-state index is 0.448. The Labute approximate surface area is 115 Å². The number of aromatic nitrogens is 2. The highest BCUT2D eigenvalue weighted by Gasteiger charge is 2.11. The summed E-state index contributed by atoms with van der Waals surface area (Å²) in [5.74, 6) is 1.32. The Morgan fingerprint density at radius 3 is 2.89 bits per heavy atom. The normalized spacial score (nSPS) is 12.6. The third-order valence-electron chi connectivity index (χ3n) is 2.87. The summed E-state index contributed by atoms with van der Waals surface area (Å²) in [7, 11) is 1.95. The number of benzene rings is 1. The van der Waals surface area contributed by atoms with E-state index in [0.717, 1.165) is 22.9 Å². The molecule has 0 saturated heterocycles. The van der Waals surface area contributed by atoms with Crippen LogP contribution in [0.15, 0.2) is 33.3 Å². The molecule has 0 aliphatic rings. The van der Waals surface area contributed by atoms with Gasteiger partial charge in [-0.3, -0.25) is 0 Å². The van der Waals surface area contributed by atoms with E-state index in [-0.39, 0.29) is 0 Å². The van der Waals surface area contributed by atoms with Gasteiger partial charge in [0.05, 0.1) is 0 Å². The molecule has 1 heterocycles. The minimum atomic E-state index is 0.448. The molecule has 0 radical (unpaired) electrons. The van der Waals surface area contributed by atoms with Gasteiger partial charge in [-0.2, -0.15) is 4.98 Å². The predicted octanol–water partition coefficient (Wildman–Crippen LogP) is 3.04. The Hall–Kier alpha value is -1.20. The maximum Gasteiger partial charge on any atom is 0.227 e. The summed E-state index contributed by atoms with van der Waals surface area (Å²) >= 11 is 3.48. The number of aryl methyl sites for hydroxylation is 1. The van der Waals surface area contributed by atoms with E-state index in [4.69, 9.17) is 4.52 Å². The molecule has 0 aliphatic carbocycles. The molecular formula is C13H16BrN3O. The first-order chi connectivity index (χ1) is 8.70. The van der Waals surface area contributed by atoms with Crippen LogP contribution in [0.3, 0.4) is 0 Å². The lowest BCUT2D eigenvalue weighted by atomic mass is 10.2. The van der Waals surface area contributed by atoms with Crippen LogP contribution in [-0.2, 0) is 6.42 Å². The van der Waals surface area contributed by atoms with Crippen LogP contribution in [0.4, 0.5) is 0 Å². The second-order valence-corrected chi connectivity index (χ2v) is 5.07. The highest BCUT2D eigenvalue weighted by Crippen LogP contribution is 2.25. The Balaban J connectivity index is 2.09. The van der Waals surface area contributed by atoms with Crippen LogP contribution in [0.25, 0.3) is 11.4 Å². The molecule has 0 spiro atoms. The van der Waals surface area contributed by atoms with Crippen LogP contribution in [0.1, 0.15) is 19.2 Å². The molecule has 0 saturated carbocycles. The first-order valence-electron chi connectivity index (χ1n) is 5.95. The topological polar surface area (TPSA) is 51.0 Å². The van der Waals surface area contributed by atoms with Gasteiger partial charge >= 0.3 is 0 Å². The Bertz CT molecular complexity index is 512. The monoisotopic (exact) mass is 309 g/mol. The number of halogens is 1. The first-order valence-corrected chi connectivity index (χ1v) is 6.74. The molecule has 4 nitrogen and oxygen atoms in total. The highest BCUT2D eigenvalue weighted by atomic mass is 79.9.